The third-order valence-corrected chi connectivity index (χ3v) is 1.99. The first kappa shape index (κ1) is 12.9. The topological polar surface area (TPSA) is 94.4 Å². The Labute approximate surface area is 98.0 Å². The number of aryl methyl sites for hydroxylation is 1. The SMILES string of the molecule is CCOC(=O)CNc1cc([N+](=O)[O-])c(C)cn1. The van der Waals surface area contributed by atoms with Gasteiger partial charge in [0, 0.05) is 11.8 Å². The van der Waals surface area contributed by atoms with Crippen molar-refractivity contribution >= 4 is 17.5 Å². The monoisotopic (exact) mass is 239 g/mol. The van der Waals surface area contributed by atoms with E-state index in [4.69, 9.17) is 4.74 Å². The standard InChI is InChI=1S/C10H13N3O4/c1-3-17-10(14)6-12-9-4-8(13(15)16)7(2)5-11-9/h4-5H,3,6H2,1-2H3,(H,11,12). The molecule has 1 aromatic rings. The summed E-state index contributed by atoms with van der Waals surface area (Å²) < 4.78 is 4.70. The van der Waals surface area contributed by atoms with E-state index in [-0.39, 0.29) is 18.1 Å². The lowest BCUT2D eigenvalue weighted by Crippen LogP contribution is -2.17. The number of nitrogens with zero attached hydrogens (tertiary/aromatic N) is 2. The number of nitro groups is 1. The number of pyridine rings is 1. The maximum absolute atomic E-state index is 11.1. The van der Waals surface area contributed by atoms with Crippen molar-refractivity contribution < 1.29 is 14.5 Å². The van der Waals surface area contributed by atoms with Crippen molar-refractivity contribution in [2.24, 2.45) is 0 Å². The van der Waals surface area contributed by atoms with Crippen LogP contribution in [0.25, 0.3) is 0 Å². The van der Waals surface area contributed by atoms with Gasteiger partial charge in [0.25, 0.3) is 5.69 Å². The van der Waals surface area contributed by atoms with Crippen LogP contribution in [0.4, 0.5) is 11.5 Å². The van der Waals surface area contributed by atoms with Crippen LogP contribution in [0, 0.1) is 17.0 Å². The molecule has 0 amide bonds. The zero-order valence-corrected chi connectivity index (χ0v) is 9.60. The highest BCUT2D eigenvalue weighted by Gasteiger charge is 2.12. The third-order valence-electron chi connectivity index (χ3n) is 1.99. The molecule has 0 saturated carbocycles. The molecule has 1 heterocycles. The summed E-state index contributed by atoms with van der Waals surface area (Å²) in [5.41, 5.74) is 0.433. The predicted octanol–water partition coefficient (Wildman–Crippen LogP) is 1.27. The molecule has 92 valence electrons. The van der Waals surface area contributed by atoms with Crippen LogP contribution < -0.4 is 5.32 Å². The lowest BCUT2D eigenvalue weighted by Gasteiger charge is -2.05. The van der Waals surface area contributed by atoms with E-state index in [1.807, 2.05) is 0 Å². The minimum absolute atomic E-state index is 0.0358. The highest BCUT2D eigenvalue weighted by Crippen LogP contribution is 2.19. The summed E-state index contributed by atoms with van der Waals surface area (Å²) in [5, 5.41) is 13.3. The number of anilines is 1. The summed E-state index contributed by atoms with van der Waals surface area (Å²) in [5.74, 6) is -0.159. The van der Waals surface area contributed by atoms with Gasteiger partial charge < -0.3 is 10.1 Å². The number of hydrogen-bond donors (Lipinski definition) is 1. The molecular formula is C10H13N3O4. The van der Waals surface area contributed by atoms with E-state index in [9.17, 15) is 14.9 Å². The second-order valence-corrected chi connectivity index (χ2v) is 3.27. The Hall–Kier alpha value is -2.18. The maximum Gasteiger partial charge on any atom is 0.325 e. The zero-order chi connectivity index (χ0) is 12.8. The molecule has 0 bridgehead atoms. The molecule has 0 spiro atoms. The minimum atomic E-state index is -0.493. The van der Waals surface area contributed by atoms with Gasteiger partial charge in [-0.1, -0.05) is 0 Å². The van der Waals surface area contributed by atoms with E-state index in [0.29, 0.717) is 12.2 Å². The molecular weight excluding hydrogens is 226 g/mol. The Morgan fingerprint density at radius 1 is 1.65 bits per heavy atom. The Kier molecular flexibility index (Phi) is 4.38. The van der Waals surface area contributed by atoms with Gasteiger partial charge in [0.2, 0.25) is 0 Å². The highest BCUT2D eigenvalue weighted by molar-refractivity contribution is 5.74. The lowest BCUT2D eigenvalue weighted by atomic mass is 10.2. The number of esters is 1. The molecule has 1 N–H and O–H groups in total. The van der Waals surface area contributed by atoms with Crippen LogP contribution in [0.2, 0.25) is 0 Å². The Bertz CT molecular complexity index is 434. The van der Waals surface area contributed by atoms with Crippen LogP contribution in [0.3, 0.4) is 0 Å². The number of carbonyl (C=O) groups excluding carboxylic acids is 1. The van der Waals surface area contributed by atoms with Crippen LogP contribution in [-0.2, 0) is 9.53 Å². The van der Waals surface area contributed by atoms with Crippen molar-refractivity contribution in [3.63, 3.8) is 0 Å². The smallest absolute Gasteiger partial charge is 0.325 e. The summed E-state index contributed by atoms with van der Waals surface area (Å²) in [6, 6.07) is 1.29. The van der Waals surface area contributed by atoms with Gasteiger partial charge in [0.15, 0.2) is 0 Å². The van der Waals surface area contributed by atoms with Crippen molar-refractivity contribution in [3.8, 4) is 0 Å². The second kappa shape index (κ2) is 5.78. The summed E-state index contributed by atoms with van der Waals surface area (Å²) in [6.45, 7) is 3.52. The van der Waals surface area contributed by atoms with E-state index >= 15 is 0 Å². The van der Waals surface area contributed by atoms with Crippen LogP contribution in [0.15, 0.2) is 12.3 Å². The molecule has 0 aliphatic heterocycles. The van der Waals surface area contributed by atoms with E-state index in [1.165, 1.54) is 12.3 Å². The largest absolute Gasteiger partial charge is 0.465 e. The van der Waals surface area contributed by atoms with Crippen molar-refractivity contribution in [2.45, 2.75) is 13.8 Å². The molecule has 0 radical (unpaired) electrons. The fraction of sp³-hybridized carbons (Fsp3) is 0.400. The molecule has 0 atom stereocenters. The summed E-state index contributed by atoms with van der Waals surface area (Å²) in [7, 11) is 0. The quantitative estimate of drug-likeness (QED) is 0.472. The van der Waals surface area contributed by atoms with Crippen LogP contribution >= 0.6 is 0 Å². The Morgan fingerprint density at radius 3 is 2.94 bits per heavy atom. The van der Waals surface area contributed by atoms with Gasteiger partial charge >= 0.3 is 5.97 Å². The fourth-order valence-electron chi connectivity index (χ4n) is 1.18. The van der Waals surface area contributed by atoms with Crippen molar-refractivity contribution in [2.75, 3.05) is 18.5 Å². The number of ether oxygens (including phenoxy) is 1. The molecule has 0 unspecified atom stereocenters. The molecule has 17 heavy (non-hydrogen) atoms. The molecule has 0 aliphatic carbocycles. The average Bonchev–Trinajstić information content (AvgIpc) is 2.28. The summed E-state index contributed by atoms with van der Waals surface area (Å²) in [4.78, 5) is 25.2. The molecule has 0 aromatic carbocycles. The van der Waals surface area contributed by atoms with Gasteiger partial charge in [-0.05, 0) is 13.8 Å². The fourth-order valence-corrected chi connectivity index (χ4v) is 1.18. The first-order chi connectivity index (χ1) is 8.04. The number of nitrogens with one attached hydrogen (secondary N) is 1. The number of carbonyl (C=O) groups is 1. The summed E-state index contributed by atoms with van der Waals surface area (Å²) >= 11 is 0. The third kappa shape index (κ3) is 3.71. The molecule has 7 nitrogen and oxygen atoms in total. The number of aromatic nitrogens is 1. The first-order valence-electron chi connectivity index (χ1n) is 5.05. The van der Waals surface area contributed by atoms with Crippen LogP contribution in [-0.4, -0.2) is 29.0 Å². The first-order valence-corrected chi connectivity index (χ1v) is 5.05. The number of hydrogen-bond acceptors (Lipinski definition) is 6. The number of rotatable bonds is 5. The van der Waals surface area contributed by atoms with E-state index in [2.05, 4.69) is 10.3 Å². The molecule has 1 aromatic heterocycles. The van der Waals surface area contributed by atoms with Gasteiger partial charge in [0.05, 0.1) is 17.6 Å². The van der Waals surface area contributed by atoms with Crippen molar-refractivity contribution in [1.29, 1.82) is 0 Å². The lowest BCUT2D eigenvalue weighted by molar-refractivity contribution is -0.385. The summed E-state index contributed by atoms with van der Waals surface area (Å²) in [6.07, 6.45) is 1.38. The van der Waals surface area contributed by atoms with Crippen molar-refractivity contribution in [1.82, 2.24) is 4.98 Å². The van der Waals surface area contributed by atoms with Gasteiger partial charge in [-0.15, -0.1) is 0 Å². The molecule has 0 saturated heterocycles. The zero-order valence-electron chi connectivity index (χ0n) is 9.60. The minimum Gasteiger partial charge on any atom is -0.465 e. The second-order valence-electron chi connectivity index (χ2n) is 3.27. The van der Waals surface area contributed by atoms with Gasteiger partial charge in [-0.2, -0.15) is 0 Å². The van der Waals surface area contributed by atoms with Crippen LogP contribution in [0.5, 0.6) is 0 Å². The van der Waals surface area contributed by atoms with Gasteiger partial charge in [0.1, 0.15) is 12.4 Å². The van der Waals surface area contributed by atoms with Crippen molar-refractivity contribution in [3.05, 3.63) is 27.9 Å². The Balaban J connectivity index is 2.69. The van der Waals surface area contributed by atoms with E-state index in [1.54, 1.807) is 13.8 Å². The molecule has 1 rings (SSSR count). The predicted molar refractivity (Wildman–Crippen MR) is 60.8 cm³/mol. The van der Waals surface area contributed by atoms with Gasteiger partial charge in [-0.3, -0.25) is 14.9 Å². The molecule has 0 fully saturated rings. The van der Waals surface area contributed by atoms with E-state index in [0.717, 1.165) is 0 Å². The maximum atomic E-state index is 11.1. The van der Waals surface area contributed by atoms with Gasteiger partial charge in [-0.25, -0.2) is 4.98 Å². The Morgan fingerprint density at radius 2 is 2.35 bits per heavy atom. The average molecular weight is 239 g/mol. The molecule has 0 aliphatic rings. The van der Waals surface area contributed by atoms with E-state index < -0.39 is 10.9 Å². The van der Waals surface area contributed by atoms with Crippen LogP contribution in [0.1, 0.15) is 12.5 Å². The molecule has 7 heteroatoms. The highest BCUT2D eigenvalue weighted by atomic mass is 16.6. The normalized spacial score (nSPS) is 9.76.